The summed E-state index contributed by atoms with van der Waals surface area (Å²) in [4.78, 5) is 0. The molecule has 0 aromatic rings. The highest BCUT2D eigenvalue weighted by Gasteiger charge is 2.02. The molecule has 15 heavy (non-hydrogen) atoms. The highest BCUT2D eigenvalue weighted by Crippen LogP contribution is 2.02. The molecule has 0 saturated heterocycles. The molecule has 0 N–H and O–H groups in total. The molecule has 0 aliphatic heterocycles. The smallest absolute Gasteiger partial charge is 0.176 e. The van der Waals surface area contributed by atoms with E-state index in [1.54, 1.807) is 0 Å². The van der Waals surface area contributed by atoms with Crippen LogP contribution in [0.4, 0.5) is 0 Å². The van der Waals surface area contributed by atoms with Crippen LogP contribution in [0, 0.1) is 0 Å². The standard InChI is InChI=1S/C12H23IO2/c1-3-10-14-12(15-11-4-2)8-6-5-7-9-13/h6,8,12H,3-5,7,9-11H2,1-2H3/b8-6-. The third kappa shape index (κ3) is 10.7. The van der Waals surface area contributed by atoms with Crippen molar-refractivity contribution in [2.75, 3.05) is 17.6 Å². The van der Waals surface area contributed by atoms with Gasteiger partial charge in [0.25, 0.3) is 0 Å². The van der Waals surface area contributed by atoms with Crippen molar-refractivity contribution in [3.63, 3.8) is 0 Å². The van der Waals surface area contributed by atoms with Crippen molar-refractivity contribution in [1.29, 1.82) is 0 Å². The van der Waals surface area contributed by atoms with Crippen LogP contribution in [0.5, 0.6) is 0 Å². The summed E-state index contributed by atoms with van der Waals surface area (Å²) in [5.41, 5.74) is 0. The minimum Gasteiger partial charge on any atom is -0.349 e. The van der Waals surface area contributed by atoms with Crippen molar-refractivity contribution in [1.82, 2.24) is 0 Å². The highest BCUT2D eigenvalue weighted by atomic mass is 127. The number of hydrogen-bond acceptors (Lipinski definition) is 2. The van der Waals surface area contributed by atoms with Gasteiger partial charge in [-0.05, 0) is 36.2 Å². The number of halogens is 1. The van der Waals surface area contributed by atoms with Crippen LogP contribution in [0.3, 0.4) is 0 Å². The Balaban J connectivity index is 3.71. The maximum atomic E-state index is 5.56. The minimum absolute atomic E-state index is 0.140. The first-order valence-corrected chi connectivity index (χ1v) is 7.33. The zero-order chi connectivity index (χ0) is 11.4. The Hall–Kier alpha value is 0.390. The lowest BCUT2D eigenvalue weighted by Crippen LogP contribution is -2.15. The normalized spacial score (nSPS) is 11.7. The molecule has 0 spiro atoms. The molecule has 0 fully saturated rings. The predicted molar refractivity (Wildman–Crippen MR) is 73.5 cm³/mol. The Morgan fingerprint density at radius 2 is 1.73 bits per heavy atom. The van der Waals surface area contributed by atoms with E-state index in [2.05, 4.69) is 42.5 Å². The van der Waals surface area contributed by atoms with E-state index >= 15 is 0 Å². The fourth-order valence-electron chi connectivity index (χ4n) is 1.03. The van der Waals surface area contributed by atoms with E-state index in [-0.39, 0.29) is 6.29 Å². The van der Waals surface area contributed by atoms with Gasteiger partial charge in [-0.1, -0.05) is 42.5 Å². The van der Waals surface area contributed by atoms with Crippen molar-refractivity contribution in [3.8, 4) is 0 Å². The lowest BCUT2D eigenvalue weighted by atomic mass is 10.3. The Labute approximate surface area is 108 Å². The number of unbranched alkanes of at least 4 members (excludes halogenated alkanes) is 1. The summed E-state index contributed by atoms with van der Waals surface area (Å²) >= 11 is 2.39. The molecule has 90 valence electrons. The first kappa shape index (κ1) is 15.4. The van der Waals surface area contributed by atoms with Crippen LogP contribution in [0.2, 0.25) is 0 Å². The Morgan fingerprint density at radius 3 is 2.20 bits per heavy atom. The van der Waals surface area contributed by atoms with E-state index in [1.807, 2.05) is 6.08 Å². The second kappa shape index (κ2) is 12.5. The van der Waals surface area contributed by atoms with Gasteiger partial charge >= 0.3 is 0 Å². The number of rotatable bonds is 10. The zero-order valence-electron chi connectivity index (χ0n) is 9.88. The van der Waals surface area contributed by atoms with Gasteiger partial charge in [0.1, 0.15) is 0 Å². The van der Waals surface area contributed by atoms with E-state index in [0.717, 1.165) is 32.5 Å². The first-order chi connectivity index (χ1) is 7.35. The van der Waals surface area contributed by atoms with Crippen LogP contribution < -0.4 is 0 Å². The molecule has 0 radical (unpaired) electrons. The summed E-state index contributed by atoms with van der Waals surface area (Å²) in [5, 5.41) is 0. The summed E-state index contributed by atoms with van der Waals surface area (Å²) in [6.07, 6.45) is 8.47. The fraction of sp³-hybridized carbons (Fsp3) is 0.833. The molecule has 0 unspecified atom stereocenters. The molecule has 3 heteroatoms. The summed E-state index contributed by atoms with van der Waals surface area (Å²) < 4.78 is 12.3. The monoisotopic (exact) mass is 326 g/mol. The largest absolute Gasteiger partial charge is 0.349 e. The maximum Gasteiger partial charge on any atom is 0.176 e. The van der Waals surface area contributed by atoms with Gasteiger partial charge < -0.3 is 9.47 Å². The number of alkyl halides is 1. The molecule has 0 aromatic heterocycles. The Kier molecular flexibility index (Phi) is 12.8. The maximum absolute atomic E-state index is 5.56. The first-order valence-electron chi connectivity index (χ1n) is 5.81. The summed E-state index contributed by atoms with van der Waals surface area (Å²) in [5.74, 6) is 0. The molecule has 0 bridgehead atoms. The van der Waals surface area contributed by atoms with E-state index in [9.17, 15) is 0 Å². The second-order valence-electron chi connectivity index (χ2n) is 3.37. The van der Waals surface area contributed by atoms with Gasteiger partial charge in [-0.25, -0.2) is 0 Å². The van der Waals surface area contributed by atoms with Gasteiger partial charge in [-0.15, -0.1) is 0 Å². The summed E-state index contributed by atoms with van der Waals surface area (Å²) in [6.45, 7) is 5.75. The third-order valence-electron chi connectivity index (χ3n) is 1.77. The Morgan fingerprint density at radius 1 is 1.13 bits per heavy atom. The predicted octanol–water partition coefficient (Wildman–Crippen LogP) is 3.94. The number of allylic oxidation sites excluding steroid dienone is 1. The van der Waals surface area contributed by atoms with Crippen molar-refractivity contribution in [2.45, 2.75) is 45.8 Å². The molecule has 0 amide bonds. The lowest BCUT2D eigenvalue weighted by molar-refractivity contribution is -0.111. The molecule has 0 saturated carbocycles. The van der Waals surface area contributed by atoms with E-state index in [0.29, 0.717) is 0 Å². The third-order valence-corrected chi connectivity index (χ3v) is 2.53. The SMILES string of the molecule is CCCOC(/C=C\CCCI)OCCC. The topological polar surface area (TPSA) is 18.5 Å². The average molecular weight is 326 g/mol. The molecule has 0 atom stereocenters. The molecular formula is C12H23IO2. The molecule has 0 aliphatic carbocycles. The van der Waals surface area contributed by atoms with Gasteiger partial charge in [0.2, 0.25) is 0 Å². The van der Waals surface area contributed by atoms with Gasteiger partial charge in [0, 0.05) is 13.2 Å². The van der Waals surface area contributed by atoms with Gasteiger partial charge in [-0.2, -0.15) is 0 Å². The van der Waals surface area contributed by atoms with Crippen LogP contribution in [0.25, 0.3) is 0 Å². The Bertz CT molecular complexity index is 141. The van der Waals surface area contributed by atoms with Crippen LogP contribution in [-0.2, 0) is 9.47 Å². The van der Waals surface area contributed by atoms with Crippen molar-refractivity contribution >= 4 is 22.6 Å². The van der Waals surface area contributed by atoms with Gasteiger partial charge in [0.05, 0.1) is 0 Å². The summed E-state index contributed by atoms with van der Waals surface area (Å²) in [6, 6.07) is 0. The van der Waals surface area contributed by atoms with Crippen LogP contribution in [-0.4, -0.2) is 23.9 Å². The summed E-state index contributed by atoms with van der Waals surface area (Å²) in [7, 11) is 0. The minimum atomic E-state index is -0.140. The molecular weight excluding hydrogens is 303 g/mol. The average Bonchev–Trinajstić information content (AvgIpc) is 2.27. The van der Waals surface area contributed by atoms with Gasteiger partial charge in [0.15, 0.2) is 6.29 Å². The van der Waals surface area contributed by atoms with Crippen LogP contribution >= 0.6 is 22.6 Å². The van der Waals surface area contributed by atoms with E-state index in [1.165, 1.54) is 10.8 Å². The second-order valence-corrected chi connectivity index (χ2v) is 4.45. The molecule has 0 rings (SSSR count). The highest BCUT2D eigenvalue weighted by molar-refractivity contribution is 14.1. The molecule has 0 aliphatic rings. The van der Waals surface area contributed by atoms with Crippen LogP contribution in [0.1, 0.15) is 39.5 Å². The molecule has 0 aromatic carbocycles. The lowest BCUT2D eigenvalue weighted by Gasteiger charge is -2.14. The van der Waals surface area contributed by atoms with E-state index in [4.69, 9.17) is 9.47 Å². The van der Waals surface area contributed by atoms with Crippen LogP contribution in [0.15, 0.2) is 12.2 Å². The quantitative estimate of drug-likeness (QED) is 0.199. The van der Waals surface area contributed by atoms with Crippen molar-refractivity contribution in [2.24, 2.45) is 0 Å². The zero-order valence-corrected chi connectivity index (χ0v) is 12.0. The number of ether oxygens (including phenoxy) is 2. The van der Waals surface area contributed by atoms with Crippen molar-refractivity contribution < 1.29 is 9.47 Å². The fourth-order valence-corrected chi connectivity index (χ4v) is 1.47. The molecule has 0 heterocycles. The van der Waals surface area contributed by atoms with Crippen molar-refractivity contribution in [3.05, 3.63) is 12.2 Å². The number of hydrogen-bond donors (Lipinski definition) is 0. The van der Waals surface area contributed by atoms with E-state index < -0.39 is 0 Å². The molecule has 2 nitrogen and oxygen atoms in total. The van der Waals surface area contributed by atoms with Gasteiger partial charge in [-0.3, -0.25) is 0 Å².